The molecule has 0 spiro atoms. The van der Waals surface area contributed by atoms with Gasteiger partial charge in [0.2, 0.25) is 5.76 Å². The SMILES string of the molecule is C=Cc1cc2cc(C(=O)OC)oc(=O)c2c(OC)c1OCc1ccccc1. The third-order valence-corrected chi connectivity index (χ3v) is 4.03. The molecule has 0 saturated carbocycles. The number of hydrogen-bond acceptors (Lipinski definition) is 6. The van der Waals surface area contributed by atoms with Gasteiger partial charge in [0.05, 0.1) is 14.2 Å². The van der Waals surface area contributed by atoms with E-state index < -0.39 is 11.6 Å². The molecule has 0 unspecified atom stereocenters. The van der Waals surface area contributed by atoms with Crippen molar-refractivity contribution in [2.45, 2.75) is 6.61 Å². The zero-order valence-corrected chi connectivity index (χ0v) is 15.0. The predicted octanol–water partition coefficient (Wildman–Crippen LogP) is 3.81. The lowest BCUT2D eigenvalue weighted by atomic mass is 10.1. The normalized spacial score (nSPS) is 10.4. The van der Waals surface area contributed by atoms with Gasteiger partial charge in [-0.25, -0.2) is 9.59 Å². The highest BCUT2D eigenvalue weighted by molar-refractivity contribution is 5.97. The van der Waals surface area contributed by atoms with Crippen molar-refractivity contribution in [1.82, 2.24) is 0 Å². The number of methoxy groups -OCH3 is 2. The molecule has 6 heteroatoms. The van der Waals surface area contributed by atoms with E-state index >= 15 is 0 Å². The molecule has 3 aromatic rings. The van der Waals surface area contributed by atoms with Gasteiger partial charge in [0.15, 0.2) is 11.5 Å². The summed E-state index contributed by atoms with van der Waals surface area (Å²) in [5.74, 6) is -0.326. The van der Waals surface area contributed by atoms with E-state index in [0.717, 1.165) is 5.56 Å². The van der Waals surface area contributed by atoms with Crippen molar-refractivity contribution in [3.05, 3.63) is 76.4 Å². The Morgan fingerprint density at radius 1 is 1.15 bits per heavy atom. The standard InChI is InChI=1S/C21H18O6/c1-4-14-10-15-11-16(20(22)25-3)27-21(23)17(15)19(24-2)18(14)26-12-13-8-6-5-7-9-13/h4-11H,1,12H2,2-3H3. The summed E-state index contributed by atoms with van der Waals surface area (Å²) in [7, 11) is 2.65. The third kappa shape index (κ3) is 3.55. The summed E-state index contributed by atoms with van der Waals surface area (Å²) < 4.78 is 21.1. The number of benzene rings is 2. The van der Waals surface area contributed by atoms with Crippen LogP contribution in [0.5, 0.6) is 11.5 Å². The van der Waals surface area contributed by atoms with Crippen molar-refractivity contribution in [1.29, 1.82) is 0 Å². The van der Waals surface area contributed by atoms with Crippen LogP contribution in [0, 0.1) is 0 Å². The molecule has 0 fully saturated rings. The van der Waals surface area contributed by atoms with Crippen LogP contribution >= 0.6 is 0 Å². The molecular formula is C21H18O6. The summed E-state index contributed by atoms with van der Waals surface area (Å²) in [6, 6.07) is 12.7. The van der Waals surface area contributed by atoms with Crippen LogP contribution in [0.3, 0.4) is 0 Å². The molecule has 0 aliphatic rings. The van der Waals surface area contributed by atoms with Crippen molar-refractivity contribution >= 4 is 22.8 Å². The fraction of sp³-hybridized carbons (Fsp3) is 0.143. The van der Waals surface area contributed by atoms with Gasteiger partial charge in [0.25, 0.3) is 0 Å². The van der Waals surface area contributed by atoms with Gasteiger partial charge in [-0.2, -0.15) is 0 Å². The Balaban J connectivity index is 2.15. The van der Waals surface area contributed by atoms with Crippen molar-refractivity contribution in [2.75, 3.05) is 14.2 Å². The Bertz CT molecular complexity index is 1050. The minimum absolute atomic E-state index is 0.179. The van der Waals surface area contributed by atoms with E-state index in [2.05, 4.69) is 11.3 Å². The first kappa shape index (κ1) is 18.3. The Hall–Kier alpha value is -3.54. The van der Waals surface area contributed by atoms with Crippen LogP contribution in [-0.2, 0) is 11.3 Å². The summed E-state index contributed by atoms with van der Waals surface area (Å²) >= 11 is 0. The molecule has 138 valence electrons. The molecule has 0 N–H and O–H groups in total. The minimum Gasteiger partial charge on any atom is -0.492 e. The molecule has 1 aromatic heterocycles. The molecule has 0 atom stereocenters. The van der Waals surface area contributed by atoms with Gasteiger partial charge in [-0.1, -0.05) is 43.0 Å². The van der Waals surface area contributed by atoms with Crippen LogP contribution in [0.4, 0.5) is 0 Å². The van der Waals surface area contributed by atoms with E-state index in [1.54, 1.807) is 12.1 Å². The average Bonchev–Trinajstić information content (AvgIpc) is 2.71. The summed E-state index contributed by atoms with van der Waals surface area (Å²) in [6.07, 6.45) is 1.59. The molecule has 6 nitrogen and oxygen atoms in total. The van der Waals surface area contributed by atoms with E-state index in [4.69, 9.17) is 13.9 Å². The Morgan fingerprint density at radius 2 is 1.89 bits per heavy atom. The fourth-order valence-electron chi connectivity index (χ4n) is 2.75. The molecule has 0 bridgehead atoms. The monoisotopic (exact) mass is 366 g/mol. The second-order valence-electron chi connectivity index (χ2n) is 5.66. The number of esters is 1. The fourth-order valence-corrected chi connectivity index (χ4v) is 2.75. The predicted molar refractivity (Wildman–Crippen MR) is 101 cm³/mol. The maximum absolute atomic E-state index is 12.5. The summed E-state index contributed by atoms with van der Waals surface area (Å²) in [4.78, 5) is 24.2. The highest BCUT2D eigenvalue weighted by atomic mass is 16.5. The molecule has 0 saturated heterocycles. The molecule has 27 heavy (non-hydrogen) atoms. The first-order valence-corrected chi connectivity index (χ1v) is 8.15. The number of fused-ring (bicyclic) bond motifs is 1. The zero-order valence-electron chi connectivity index (χ0n) is 15.0. The molecule has 1 heterocycles. The second kappa shape index (κ2) is 7.78. The Labute approximate surface area is 155 Å². The van der Waals surface area contributed by atoms with Crippen LogP contribution in [0.2, 0.25) is 0 Å². The van der Waals surface area contributed by atoms with Crippen LogP contribution < -0.4 is 15.1 Å². The van der Waals surface area contributed by atoms with Gasteiger partial charge in [0.1, 0.15) is 12.0 Å². The maximum atomic E-state index is 12.5. The summed E-state index contributed by atoms with van der Waals surface area (Å²) in [5, 5.41) is 0.643. The van der Waals surface area contributed by atoms with Gasteiger partial charge >= 0.3 is 11.6 Å². The lowest BCUT2D eigenvalue weighted by Crippen LogP contribution is -2.10. The molecule has 0 amide bonds. The third-order valence-electron chi connectivity index (χ3n) is 4.03. The van der Waals surface area contributed by atoms with E-state index in [0.29, 0.717) is 16.7 Å². The Morgan fingerprint density at radius 3 is 2.52 bits per heavy atom. The number of carbonyl (C=O) groups is 1. The van der Waals surface area contributed by atoms with E-state index in [1.165, 1.54) is 20.3 Å². The van der Waals surface area contributed by atoms with Crippen LogP contribution in [0.25, 0.3) is 16.8 Å². The van der Waals surface area contributed by atoms with E-state index in [-0.39, 0.29) is 23.5 Å². The average molecular weight is 366 g/mol. The second-order valence-corrected chi connectivity index (χ2v) is 5.66. The number of rotatable bonds is 6. The molecule has 0 aliphatic carbocycles. The first-order chi connectivity index (χ1) is 13.1. The molecular weight excluding hydrogens is 348 g/mol. The van der Waals surface area contributed by atoms with Crippen LogP contribution in [0.15, 0.2) is 58.3 Å². The van der Waals surface area contributed by atoms with Gasteiger partial charge in [-0.05, 0) is 23.1 Å². The van der Waals surface area contributed by atoms with Crippen LogP contribution in [0.1, 0.15) is 21.7 Å². The maximum Gasteiger partial charge on any atom is 0.374 e. The van der Waals surface area contributed by atoms with Crippen molar-refractivity contribution in [3.8, 4) is 11.5 Å². The highest BCUT2D eigenvalue weighted by Gasteiger charge is 2.21. The quantitative estimate of drug-likeness (QED) is 0.618. The smallest absolute Gasteiger partial charge is 0.374 e. The van der Waals surface area contributed by atoms with Gasteiger partial charge in [-0.15, -0.1) is 0 Å². The van der Waals surface area contributed by atoms with E-state index in [9.17, 15) is 9.59 Å². The van der Waals surface area contributed by atoms with Gasteiger partial charge in [-0.3, -0.25) is 0 Å². The van der Waals surface area contributed by atoms with E-state index in [1.807, 2.05) is 30.3 Å². The minimum atomic E-state index is -0.738. The molecule has 3 rings (SSSR count). The lowest BCUT2D eigenvalue weighted by Gasteiger charge is -2.16. The first-order valence-electron chi connectivity index (χ1n) is 8.15. The number of ether oxygens (including phenoxy) is 3. The van der Waals surface area contributed by atoms with Crippen molar-refractivity contribution in [3.63, 3.8) is 0 Å². The van der Waals surface area contributed by atoms with Gasteiger partial charge in [0, 0.05) is 5.56 Å². The molecule has 0 radical (unpaired) electrons. The van der Waals surface area contributed by atoms with Crippen molar-refractivity contribution in [2.24, 2.45) is 0 Å². The summed E-state index contributed by atoms with van der Waals surface area (Å²) in [5.41, 5.74) is 0.865. The zero-order chi connectivity index (χ0) is 19.4. The number of hydrogen-bond donors (Lipinski definition) is 0. The number of carbonyl (C=O) groups excluding carboxylic acids is 1. The topological polar surface area (TPSA) is 75.0 Å². The largest absolute Gasteiger partial charge is 0.492 e. The molecule has 2 aromatic carbocycles. The summed E-state index contributed by atoms with van der Waals surface area (Å²) in [6.45, 7) is 4.08. The molecule has 0 aliphatic heterocycles. The lowest BCUT2D eigenvalue weighted by molar-refractivity contribution is 0.0560. The van der Waals surface area contributed by atoms with Crippen molar-refractivity contribution < 1.29 is 23.4 Å². The highest BCUT2D eigenvalue weighted by Crippen LogP contribution is 2.39. The van der Waals surface area contributed by atoms with Crippen LogP contribution in [-0.4, -0.2) is 20.2 Å². The Kier molecular flexibility index (Phi) is 5.26. The van der Waals surface area contributed by atoms with Gasteiger partial charge < -0.3 is 18.6 Å².